The Morgan fingerprint density at radius 1 is 1.20 bits per heavy atom. The zero-order valence-electron chi connectivity index (χ0n) is 13.0. The highest BCUT2D eigenvalue weighted by atomic mass is 16.3. The number of nitrogens with zero attached hydrogens (tertiary/aromatic N) is 1. The molecule has 2 N–H and O–H groups in total. The van der Waals surface area contributed by atoms with Gasteiger partial charge in [-0.1, -0.05) is 32.9 Å². The fraction of sp³-hybridized carbons (Fsp3) is 0.647. The normalized spacial score (nSPS) is 22.9. The van der Waals surface area contributed by atoms with Crippen LogP contribution in [0.1, 0.15) is 45.6 Å². The number of aromatic hydroxyl groups is 1. The molecule has 0 aliphatic carbocycles. The molecule has 3 nitrogen and oxygen atoms in total. The van der Waals surface area contributed by atoms with Crippen molar-refractivity contribution in [2.24, 2.45) is 0 Å². The van der Waals surface area contributed by atoms with Crippen LogP contribution in [0, 0.1) is 0 Å². The molecule has 0 aromatic heterocycles. The Morgan fingerprint density at radius 3 is 2.40 bits per heavy atom. The molecule has 3 heteroatoms. The standard InChI is InChI=1S/C17H28N2O/c1-4-15-12-19(17(5-2,6-3)13-18-15)11-14-7-9-16(20)10-8-14/h7-10,15,18,20H,4-6,11-13H2,1-3H3. The van der Waals surface area contributed by atoms with E-state index in [1.54, 1.807) is 12.1 Å². The molecule has 1 unspecified atom stereocenters. The van der Waals surface area contributed by atoms with Crippen LogP contribution in [0.3, 0.4) is 0 Å². The summed E-state index contributed by atoms with van der Waals surface area (Å²) < 4.78 is 0. The molecule has 0 amide bonds. The van der Waals surface area contributed by atoms with Gasteiger partial charge in [-0.2, -0.15) is 0 Å². The van der Waals surface area contributed by atoms with Gasteiger partial charge in [0.05, 0.1) is 0 Å². The van der Waals surface area contributed by atoms with Crippen molar-refractivity contribution in [1.29, 1.82) is 0 Å². The van der Waals surface area contributed by atoms with Crippen LogP contribution in [0.15, 0.2) is 24.3 Å². The first-order valence-corrected chi connectivity index (χ1v) is 7.90. The van der Waals surface area contributed by atoms with Crippen LogP contribution in [0.4, 0.5) is 0 Å². The van der Waals surface area contributed by atoms with Gasteiger partial charge in [-0.05, 0) is 37.0 Å². The molecule has 2 rings (SSSR count). The maximum absolute atomic E-state index is 9.41. The molecule has 0 bridgehead atoms. The van der Waals surface area contributed by atoms with Crippen molar-refractivity contribution in [3.8, 4) is 5.75 Å². The predicted molar refractivity (Wildman–Crippen MR) is 83.9 cm³/mol. The number of hydrogen-bond donors (Lipinski definition) is 2. The first-order valence-electron chi connectivity index (χ1n) is 7.90. The first kappa shape index (κ1) is 15.3. The van der Waals surface area contributed by atoms with Gasteiger partial charge in [0.25, 0.3) is 0 Å². The van der Waals surface area contributed by atoms with E-state index in [0.717, 1.165) is 19.6 Å². The van der Waals surface area contributed by atoms with E-state index in [0.29, 0.717) is 11.8 Å². The molecule has 20 heavy (non-hydrogen) atoms. The van der Waals surface area contributed by atoms with Crippen molar-refractivity contribution in [2.45, 2.75) is 58.2 Å². The quantitative estimate of drug-likeness (QED) is 0.867. The van der Waals surface area contributed by atoms with Crippen LogP contribution in [-0.2, 0) is 6.54 Å². The molecule has 1 fully saturated rings. The zero-order chi connectivity index (χ0) is 14.6. The Balaban J connectivity index is 2.16. The highest BCUT2D eigenvalue weighted by molar-refractivity contribution is 5.26. The largest absolute Gasteiger partial charge is 0.508 e. The summed E-state index contributed by atoms with van der Waals surface area (Å²) in [6.45, 7) is 10.00. The number of piperazine rings is 1. The summed E-state index contributed by atoms with van der Waals surface area (Å²) in [6, 6.07) is 8.24. The third-order valence-electron chi connectivity index (χ3n) is 4.95. The number of benzene rings is 1. The van der Waals surface area contributed by atoms with Crippen molar-refractivity contribution >= 4 is 0 Å². The van der Waals surface area contributed by atoms with E-state index in [4.69, 9.17) is 0 Å². The van der Waals surface area contributed by atoms with E-state index < -0.39 is 0 Å². The SMILES string of the molecule is CCC1CN(Cc2ccc(O)cc2)C(CC)(CC)CN1. The van der Waals surface area contributed by atoms with Crippen molar-refractivity contribution < 1.29 is 5.11 Å². The molecule has 0 radical (unpaired) electrons. The van der Waals surface area contributed by atoms with Gasteiger partial charge >= 0.3 is 0 Å². The van der Waals surface area contributed by atoms with Gasteiger partial charge in [-0.3, -0.25) is 4.90 Å². The molecule has 1 atom stereocenters. The second kappa shape index (κ2) is 6.59. The zero-order valence-corrected chi connectivity index (χ0v) is 13.0. The van der Waals surface area contributed by atoms with Gasteiger partial charge in [0.2, 0.25) is 0 Å². The summed E-state index contributed by atoms with van der Waals surface area (Å²) in [5.74, 6) is 0.345. The number of nitrogens with one attached hydrogen (secondary N) is 1. The number of hydrogen-bond acceptors (Lipinski definition) is 3. The van der Waals surface area contributed by atoms with Crippen LogP contribution in [0.25, 0.3) is 0 Å². The van der Waals surface area contributed by atoms with Gasteiger partial charge in [-0.25, -0.2) is 0 Å². The second-order valence-electron chi connectivity index (χ2n) is 5.96. The fourth-order valence-corrected chi connectivity index (χ4v) is 3.25. The average molecular weight is 276 g/mol. The summed E-state index contributed by atoms with van der Waals surface area (Å²) >= 11 is 0. The van der Waals surface area contributed by atoms with Crippen LogP contribution < -0.4 is 5.32 Å². The molecule has 1 aromatic carbocycles. The molecule has 1 heterocycles. The van der Waals surface area contributed by atoms with Crippen molar-refractivity contribution in [3.05, 3.63) is 29.8 Å². The highest BCUT2D eigenvalue weighted by Crippen LogP contribution is 2.29. The van der Waals surface area contributed by atoms with Crippen LogP contribution >= 0.6 is 0 Å². The van der Waals surface area contributed by atoms with Crippen LogP contribution in [0.2, 0.25) is 0 Å². The molecular formula is C17H28N2O. The van der Waals surface area contributed by atoms with Gasteiger partial charge in [0, 0.05) is 31.2 Å². The van der Waals surface area contributed by atoms with E-state index in [1.807, 2.05) is 12.1 Å². The topological polar surface area (TPSA) is 35.5 Å². The molecule has 1 aliphatic rings. The van der Waals surface area contributed by atoms with Crippen molar-refractivity contribution in [3.63, 3.8) is 0 Å². The highest BCUT2D eigenvalue weighted by Gasteiger charge is 2.38. The molecular weight excluding hydrogens is 248 g/mol. The van der Waals surface area contributed by atoms with Gasteiger partial charge in [0.15, 0.2) is 0 Å². The van der Waals surface area contributed by atoms with Crippen LogP contribution in [0.5, 0.6) is 5.75 Å². The average Bonchev–Trinajstić information content (AvgIpc) is 2.49. The van der Waals surface area contributed by atoms with Gasteiger partial charge in [-0.15, -0.1) is 0 Å². The third-order valence-corrected chi connectivity index (χ3v) is 4.95. The minimum atomic E-state index is 0.267. The molecule has 0 spiro atoms. The van der Waals surface area contributed by atoms with E-state index in [9.17, 15) is 5.11 Å². The lowest BCUT2D eigenvalue weighted by molar-refractivity contribution is 0.0238. The molecule has 1 saturated heterocycles. The summed E-state index contributed by atoms with van der Waals surface area (Å²) in [6.07, 6.45) is 3.52. The third kappa shape index (κ3) is 3.15. The molecule has 112 valence electrons. The molecule has 1 aliphatic heterocycles. The monoisotopic (exact) mass is 276 g/mol. The minimum absolute atomic E-state index is 0.267. The Hall–Kier alpha value is -1.06. The summed E-state index contributed by atoms with van der Waals surface area (Å²) in [7, 11) is 0. The van der Waals surface area contributed by atoms with E-state index >= 15 is 0 Å². The Morgan fingerprint density at radius 2 is 1.85 bits per heavy atom. The maximum Gasteiger partial charge on any atom is 0.115 e. The maximum atomic E-state index is 9.41. The van der Waals surface area contributed by atoms with Crippen molar-refractivity contribution in [2.75, 3.05) is 13.1 Å². The lowest BCUT2D eigenvalue weighted by Crippen LogP contribution is -2.63. The molecule has 1 aromatic rings. The summed E-state index contributed by atoms with van der Waals surface area (Å²) in [4.78, 5) is 2.64. The van der Waals surface area contributed by atoms with Gasteiger partial charge < -0.3 is 10.4 Å². The molecule has 0 saturated carbocycles. The van der Waals surface area contributed by atoms with Crippen LogP contribution in [-0.4, -0.2) is 34.7 Å². The van der Waals surface area contributed by atoms with E-state index in [2.05, 4.69) is 31.0 Å². The van der Waals surface area contributed by atoms with Crippen molar-refractivity contribution in [1.82, 2.24) is 10.2 Å². The summed E-state index contributed by atoms with van der Waals surface area (Å²) in [5, 5.41) is 13.1. The summed E-state index contributed by atoms with van der Waals surface area (Å²) in [5.41, 5.74) is 1.55. The van der Waals surface area contributed by atoms with E-state index in [-0.39, 0.29) is 5.54 Å². The predicted octanol–water partition coefficient (Wildman–Crippen LogP) is 3.13. The number of rotatable bonds is 5. The Labute approximate surface area is 123 Å². The van der Waals surface area contributed by atoms with Gasteiger partial charge in [0.1, 0.15) is 5.75 Å². The number of phenols is 1. The lowest BCUT2D eigenvalue weighted by Gasteiger charge is -2.49. The minimum Gasteiger partial charge on any atom is -0.508 e. The second-order valence-corrected chi connectivity index (χ2v) is 5.96. The smallest absolute Gasteiger partial charge is 0.115 e. The van der Waals surface area contributed by atoms with E-state index in [1.165, 1.54) is 24.8 Å². The first-order chi connectivity index (χ1) is 9.63. The lowest BCUT2D eigenvalue weighted by atomic mass is 9.86. The fourth-order valence-electron chi connectivity index (χ4n) is 3.25. The number of phenolic OH excluding ortho intramolecular Hbond substituents is 1. The Kier molecular flexibility index (Phi) is 5.06. The Bertz CT molecular complexity index is 412.